The number of nitrogens with zero attached hydrogens (tertiary/aromatic N) is 2. The Labute approximate surface area is 98.8 Å². The van der Waals surface area contributed by atoms with E-state index in [0.29, 0.717) is 26.1 Å². The summed E-state index contributed by atoms with van der Waals surface area (Å²) in [5.41, 5.74) is 0. The summed E-state index contributed by atoms with van der Waals surface area (Å²) < 4.78 is 1.71. The van der Waals surface area contributed by atoms with Crippen molar-refractivity contribution in [3.63, 3.8) is 0 Å². The maximum Gasteiger partial charge on any atom is 0.314 e. The Morgan fingerprint density at radius 2 is 2.06 bits per heavy atom. The number of hydrogen-bond acceptors (Lipinski definition) is 3. The van der Waals surface area contributed by atoms with Crippen molar-refractivity contribution >= 4 is 12.0 Å². The number of amides is 2. The number of rotatable bonds is 7. The van der Waals surface area contributed by atoms with Crippen molar-refractivity contribution < 1.29 is 14.7 Å². The lowest BCUT2D eigenvalue weighted by Gasteiger charge is -2.06. The topological polar surface area (TPSA) is 96.3 Å². The van der Waals surface area contributed by atoms with E-state index in [-0.39, 0.29) is 12.5 Å². The highest BCUT2D eigenvalue weighted by molar-refractivity contribution is 5.73. The Bertz CT molecular complexity index is 350. The first-order chi connectivity index (χ1) is 8.18. The van der Waals surface area contributed by atoms with Crippen LogP contribution in [0.3, 0.4) is 0 Å². The van der Waals surface area contributed by atoms with Gasteiger partial charge in [0.1, 0.15) is 0 Å². The van der Waals surface area contributed by atoms with Gasteiger partial charge in [0.05, 0.1) is 6.54 Å². The van der Waals surface area contributed by atoms with Gasteiger partial charge in [-0.25, -0.2) is 4.79 Å². The number of carbonyl (C=O) groups excluding carboxylic acids is 1. The number of carbonyl (C=O) groups is 2. The van der Waals surface area contributed by atoms with Crippen LogP contribution >= 0.6 is 0 Å². The average Bonchev–Trinajstić information content (AvgIpc) is 2.77. The smallest absolute Gasteiger partial charge is 0.314 e. The van der Waals surface area contributed by atoms with Crippen molar-refractivity contribution in [3.8, 4) is 0 Å². The third-order valence-corrected chi connectivity index (χ3v) is 2.04. The summed E-state index contributed by atoms with van der Waals surface area (Å²) in [4.78, 5) is 21.4. The van der Waals surface area contributed by atoms with E-state index in [1.165, 1.54) is 0 Å². The Kier molecular flexibility index (Phi) is 5.56. The SMILES string of the molecule is O=C(O)CCCNC(=O)NCCn1cccn1. The molecule has 0 aliphatic carbocycles. The quantitative estimate of drug-likeness (QED) is 0.586. The molecule has 0 spiro atoms. The second kappa shape index (κ2) is 7.26. The molecule has 7 nitrogen and oxygen atoms in total. The standard InChI is InChI=1S/C10H16N4O3/c15-9(16)3-1-4-11-10(17)12-6-8-14-7-2-5-13-14/h2,5,7H,1,3-4,6,8H2,(H,15,16)(H2,11,12,17). The Hall–Kier alpha value is -2.05. The zero-order chi connectivity index (χ0) is 12.5. The molecule has 0 aliphatic heterocycles. The summed E-state index contributed by atoms with van der Waals surface area (Å²) in [6.45, 7) is 1.45. The van der Waals surface area contributed by atoms with E-state index in [0.717, 1.165) is 0 Å². The number of aromatic nitrogens is 2. The van der Waals surface area contributed by atoms with Gasteiger partial charge in [-0.2, -0.15) is 5.10 Å². The first kappa shape index (κ1) is 13.0. The molecule has 0 atom stereocenters. The molecule has 0 aromatic carbocycles. The van der Waals surface area contributed by atoms with E-state index < -0.39 is 5.97 Å². The van der Waals surface area contributed by atoms with Crippen LogP contribution in [0.25, 0.3) is 0 Å². The molecular formula is C10H16N4O3. The number of hydrogen-bond donors (Lipinski definition) is 3. The highest BCUT2D eigenvalue weighted by atomic mass is 16.4. The Morgan fingerprint density at radius 1 is 1.29 bits per heavy atom. The van der Waals surface area contributed by atoms with Crippen LogP contribution in [-0.2, 0) is 11.3 Å². The predicted octanol–water partition coefficient (Wildman–Crippen LogP) is 0.0471. The molecule has 0 saturated carbocycles. The lowest BCUT2D eigenvalue weighted by molar-refractivity contribution is -0.137. The molecule has 0 fully saturated rings. The monoisotopic (exact) mass is 240 g/mol. The molecule has 17 heavy (non-hydrogen) atoms. The van der Waals surface area contributed by atoms with Crippen molar-refractivity contribution in [1.82, 2.24) is 20.4 Å². The summed E-state index contributed by atoms with van der Waals surface area (Å²) in [7, 11) is 0. The minimum absolute atomic E-state index is 0.0631. The zero-order valence-electron chi connectivity index (χ0n) is 9.43. The average molecular weight is 240 g/mol. The lowest BCUT2D eigenvalue weighted by Crippen LogP contribution is -2.37. The number of nitrogens with one attached hydrogen (secondary N) is 2. The van der Waals surface area contributed by atoms with Gasteiger partial charge in [-0.1, -0.05) is 0 Å². The minimum Gasteiger partial charge on any atom is -0.481 e. The van der Waals surface area contributed by atoms with Gasteiger partial charge in [0.25, 0.3) is 0 Å². The van der Waals surface area contributed by atoms with E-state index in [1.807, 2.05) is 12.3 Å². The Morgan fingerprint density at radius 3 is 2.71 bits per heavy atom. The third-order valence-electron chi connectivity index (χ3n) is 2.04. The largest absolute Gasteiger partial charge is 0.481 e. The third kappa shape index (κ3) is 6.18. The van der Waals surface area contributed by atoms with Gasteiger partial charge in [0, 0.05) is 31.9 Å². The molecule has 0 aliphatic rings. The zero-order valence-corrected chi connectivity index (χ0v) is 9.43. The number of aliphatic carboxylic acids is 1. The van der Waals surface area contributed by atoms with Crippen LogP contribution in [0.1, 0.15) is 12.8 Å². The molecule has 0 saturated heterocycles. The fourth-order valence-corrected chi connectivity index (χ4v) is 1.22. The number of urea groups is 1. The molecule has 0 bridgehead atoms. The van der Waals surface area contributed by atoms with E-state index >= 15 is 0 Å². The van der Waals surface area contributed by atoms with Crippen molar-refractivity contribution in [2.45, 2.75) is 19.4 Å². The molecule has 7 heteroatoms. The van der Waals surface area contributed by atoms with E-state index in [4.69, 9.17) is 5.11 Å². The molecule has 1 heterocycles. The van der Waals surface area contributed by atoms with Crippen LogP contribution in [-0.4, -0.2) is 40.0 Å². The molecule has 2 amide bonds. The summed E-state index contributed by atoms with van der Waals surface area (Å²) in [6, 6.07) is 1.52. The van der Waals surface area contributed by atoms with Gasteiger partial charge in [-0.05, 0) is 12.5 Å². The van der Waals surface area contributed by atoms with Crippen LogP contribution in [0.5, 0.6) is 0 Å². The Balaban J connectivity index is 1.99. The van der Waals surface area contributed by atoms with Crippen molar-refractivity contribution in [2.75, 3.05) is 13.1 Å². The molecule has 94 valence electrons. The summed E-state index contributed by atoms with van der Waals surface area (Å²) in [5, 5.41) is 17.6. The van der Waals surface area contributed by atoms with Crippen LogP contribution < -0.4 is 10.6 Å². The van der Waals surface area contributed by atoms with Gasteiger partial charge in [0.15, 0.2) is 0 Å². The molecule has 1 aromatic heterocycles. The number of carboxylic acid groups (broad SMARTS) is 1. The molecule has 1 rings (SSSR count). The van der Waals surface area contributed by atoms with Crippen LogP contribution in [0.2, 0.25) is 0 Å². The van der Waals surface area contributed by atoms with E-state index in [2.05, 4.69) is 15.7 Å². The maximum atomic E-state index is 11.2. The second-order valence-corrected chi connectivity index (χ2v) is 3.45. The molecule has 0 unspecified atom stereocenters. The van der Waals surface area contributed by atoms with Gasteiger partial charge in [-0.3, -0.25) is 9.48 Å². The number of carboxylic acids is 1. The lowest BCUT2D eigenvalue weighted by atomic mass is 10.3. The van der Waals surface area contributed by atoms with Gasteiger partial charge in [-0.15, -0.1) is 0 Å². The van der Waals surface area contributed by atoms with Gasteiger partial charge < -0.3 is 15.7 Å². The van der Waals surface area contributed by atoms with E-state index in [1.54, 1.807) is 10.9 Å². The molecule has 3 N–H and O–H groups in total. The highest BCUT2D eigenvalue weighted by Gasteiger charge is 2.00. The normalized spacial score (nSPS) is 9.88. The second-order valence-electron chi connectivity index (χ2n) is 3.45. The van der Waals surface area contributed by atoms with Crippen LogP contribution in [0.4, 0.5) is 4.79 Å². The molecule has 0 radical (unpaired) electrons. The fourth-order valence-electron chi connectivity index (χ4n) is 1.22. The predicted molar refractivity (Wildman–Crippen MR) is 60.5 cm³/mol. The summed E-state index contributed by atoms with van der Waals surface area (Å²) >= 11 is 0. The minimum atomic E-state index is -0.856. The van der Waals surface area contributed by atoms with Crippen LogP contribution in [0, 0.1) is 0 Å². The van der Waals surface area contributed by atoms with Crippen LogP contribution in [0.15, 0.2) is 18.5 Å². The van der Waals surface area contributed by atoms with Crippen molar-refractivity contribution in [2.24, 2.45) is 0 Å². The van der Waals surface area contributed by atoms with Gasteiger partial charge in [0.2, 0.25) is 0 Å². The fraction of sp³-hybridized carbons (Fsp3) is 0.500. The van der Waals surface area contributed by atoms with Crippen molar-refractivity contribution in [3.05, 3.63) is 18.5 Å². The molecular weight excluding hydrogens is 224 g/mol. The highest BCUT2D eigenvalue weighted by Crippen LogP contribution is 1.86. The summed E-state index contributed by atoms with van der Waals surface area (Å²) in [5.74, 6) is -0.856. The first-order valence-electron chi connectivity index (χ1n) is 5.39. The maximum absolute atomic E-state index is 11.2. The van der Waals surface area contributed by atoms with E-state index in [9.17, 15) is 9.59 Å². The molecule has 1 aromatic rings. The summed E-state index contributed by atoms with van der Waals surface area (Å²) in [6.07, 6.45) is 3.98. The first-order valence-corrected chi connectivity index (χ1v) is 5.39. The van der Waals surface area contributed by atoms with Crippen molar-refractivity contribution in [1.29, 1.82) is 0 Å². The van der Waals surface area contributed by atoms with Gasteiger partial charge >= 0.3 is 12.0 Å².